The van der Waals surface area contributed by atoms with Crippen LogP contribution in [0.5, 0.6) is 0 Å². The number of hydrogen-bond donors (Lipinski definition) is 2. The van der Waals surface area contributed by atoms with Gasteiger partial charge < -0.3 is 20.3 Å². The van der Waals surface area contributed by atoms with Crippen LogP contribution in [0.1, 0.15) is 53.9 Å². The summed E-state index contributed by atoms with van der Waals surface area (Å²) in [6.45, 7) is 10.4. The smallest absolute Gasteiger partial charge is 0.331 e. The van der Waals surface area contributed by atoms with E-state index in [1.807, 2.05) is 49.5 Å². The van der Waals surface area contributed by atoms with Crippen molar-refractivity contribution in [2.45, 2.75) is 84.3 Å². The van der Waals surface area contributed by atoms with E-state index < -0.39 is 6.10 Å². The zero-order valence-corrected chi connectivity index (χ0v) is 20.7. The zero-order chi connectivity index (χ0) is 24.4. The Morgan fingerprint density at radius 2 is 2.09 bits per heavy atom. The van der Waals surface area contributed by atoms with Crippen molar-refractivity contribution < 1.29 is 19.4 Å². The molecule has 7 atom stereocenters. The minimum absolute atomic E-state index is 0.0110. The van der Waals surface area contributed by atoms with E-state index in [0.29, 0.717) is 12.3 Å². The Morgan fingerprint density at radius 3 is 2.79 bits per heavy atom. The fourth-order valence-electron chi connectivity index (χ4n) is 4.25. The summed E-state index contributed by atoms with van der Waals surface area (Å²) in [7, 11) is 0. The van der Waals surface area contributed by atoms with Gasteiger partial charge in [0.2, 0.25) is 0 Å². The van der Waals surface area contributed by atoms with Crippen LogP contribution in [0.4, 0.5) is 0 Å². The number of aliphatic hydroxyl groups excluding tert-OH is 1. The number of ether oxygens (including phenoxy) is 2. The van der Waals surface area contributed by atoms with E-state index in [1.165, 1.54) is 11.6 Å². The van der Waals surface area contributed by atoms with Crippen molar-refractivity contribution in [3.8, 4) is 0 Å². The van der Waals surface area contributed by atoms with Crippen LogP contribution in [0.25, 0.3) is 0 Å². The van der Waals surface area contributed by atoms with E-state index in [2.05, 4.69) is 33.8 Å². The third kappa shape index (κ3) is 9.28. The molecule has 0 saturated carbocycles. The highest BCUT2D eigenvalue weighted by Crippen LogP contribution is 2.27. The quantitative estimate of drug-likeness (QED) is 0.292. The van der Waals surface area contributed by atoms with E-state index in [4.69, 9.17) is 15.2 Å². The van der Waals surface area contributed by atoms with Crippen molar-refractivity contribution in [1.82, 2.24) is 0 Å². The second kappa shape index (κ2) is 13.5. The lowest BCUT2D eigenvalue weighted by Gasteiger charge is -2.39. The highest BCUT2D eigenvalue weighted by atomic mass is 16.5. The summed E-state index contributed by atoms with van der Waals surface area (Å²) in [5.74, 6) is 0.314. The lowest BCUT2D eigenvalue weighted by molar-refractivity contribution is -0.141. The number of hydrogen-bond acceptors (Lipinski definition) is 5. The van der Waals surface area contributed by atoms with Gasteiger partial charge in [-0.1, -0.05) is 73.6 Å². The van der Waals surface area contributed by atoms with Gasteiger partial charge in [-0.25, -0.2) is 4.79 Å². The van der Waals surface area contributed by atoms with Gasteiger partial charge >= 0.3 is 5.97 Å². The maximum absolute atomic E-state index is 11.3. The van der Waals surface area contributed by atoms with Crippen LogP contribution in [-0.2, 0) is 14.3 Å². The van der Waals surface area contributed by atoms with Crippen LogP contribution in [0, 0.1) is 11.8 Å². The number of carbonyl (C=O) groups excluding carboxylic acids is 1. The molecule has 0 radical (unpaired) electrons. The normalized spacial score (nSPS) is 31.5. The first-order chi connectivity index (χ1) is 15.7. The van der Waals surface area contributed by atoms with Crippen LogP contribution in [0.15, 0.2) is 71.9 Å². The summed E-state index contributed by atoms with van der Waals surface area (Å²) >= 11 is 0. The molecule has 2 rings (SSSR count). The topological polar surface area (TPSA) is 81.8 Å². The maximum Gasteiger partial charge on any atom is 0.331 e. The monoisotopic (exact) mass is 455 g/mol. The van der Waals surface area contributed by atoms with Gasteiger partial charge in [0.05, 0.1) is 18.3 Å². The Hall–Kier alpha value is -2.21. The molecule has 5 heteroatoms. The molecule has 1 saturated heterocycles. The Bertz CT molecular complexity index is 820. The molecular formula is C28H41NO4. The molecule has 2 aliphatic rings. The standard InChI is InChI=1S/C28H41NO4/c1-6-9-26-22(5)24(29)18-27(33-26)25(30)12-7-10-19(2)16-21(4)17-20(3)14-15-23-11-8-13-28(31)32-23/h6-10,12-15,17,21-27,30H,11,16,18,29H2,1-5H3/b9-6+,12-7+,15-14+,19-10+,20-17-/t21-,22+,23-,24?,25-,26+,27+/m1/s1. The van der Waals surface area contributed by atoms with Crippen LogP contribution < -0.4 is 5.73 Å². The summed E-state index contributed by atoms with van der Waals surface area (Å²) < 4.78 is 11.3. The molecule has 33 heavy (non-hydrogen) atoms. The Balaban J connectivity index is 1.85. The van der Waals surface area contributed by atoms with E-state index in [9.17, 15) is 9.90 Å². The number of allylic oxidation sites excluding steroid dienone is 7. The minimum atomic E-state index is -0.686. The minimum Gasteiger partial charge on any atom is -0.455 e. The first-order valence-electron chi connectivity index (χ1n) is 12.0. The molecule has 0 aromatic carbocycles. The number of nitrogens with two attached hydrogens (primary N) is 1. The zero-order valence-electron chi connectivity index (χ0n) is 20.7. The molecule has 2 aliphatic heterocycles. The van der Waals surface area contributed by atoms with Gasteiger partial charge in [-0.2, -0.15) is 0 Å². The molecule has 0 bridgehead atoms. The fourth-order valence-corrected chi connectivity index (χ4v) is 4.25. The van der Waals surface area contributed by atoms with Gasteiger partial charge in [-0.3, -0.25) is 0 Å². The third-order valence-corrected chi connectivity index (χ3v) is 6.14. The largest absolute Gasteiger partial charge is 0.455 e. The third-order valence-electron chi connectivity index (χ3n) is 6.14. The number of cyclic esters (lactones) is 1. The molecule has 0 amide bonds. The van der Waals surface area contributed by atoms with Crippen molar-refractivity contribution >= 4 is 5.97 Å². The first-order valence-corrected chi connectivity index (χ1v) is 12.0. The highest BCUT2D eigenvalue weighted by Gasteiger charge is 2.35. The molecule has 0 aromatic rings. The summed E-state index contributed by atoms with van der Waals surface area (Å²) in [4.78, 5) is 11.3. The second-order valence-electron chi connectivity index (χ2n) is 9.38. The van der Waals surface area contributed by atoms with Crippen molar-refractivity contribution in [1.29, 1.82) is 0 Å². The lowest BCUT2D eigenvalue weighted by Crippen LogP contribution is -2.49. The van der Waals surface area contributed by atoms with E-state index >= 15 is 0 Å². The van der Waals surface area contributed by atoms with Crippen LogP contribution >= 0.6 is 0 Å². The van der Waals surface area contributed by atoms with Crippen molar-refractivity contribution in [3.63, 3.8) is 0 Å². The predicted octanol–water partition coefficient (Wildman–Crippen LogP) is 4.95. The molecule has 3 N–H and O–H groups in total. The molecule has 0 aromatic heterocycles. The van der Waals surface area contributed by atoms with Crippen molar-refractivity contribution in [2.75, 3.05) is 0 Å². The van der Waals surface area contributed by atoms with Gasteiger partial charge in [-0.15, -0.1) is 0 Å². The summed E-state index contributed by atoms with van der Waals surface area (Å²) in [5, 5.41) is 10.6. The second-order valence-corrected chi connectivity index (χ2v) is 9.38. The van der Waals surface area contributed by atoms with E-state index in [1.54, 1.807) is 6.08 Å². The Labute approximate surface area is 199 Å². The Morgan fingerprint density at radius 1 is 1.33 bits per heavy atom. The van der Waals surface area contributed by atoms with Crippen molar-refractivity contribution in [3.05, 3.63) is 71.9 Å². The first kappa shape index (κ1) is 27.0. The van der Waals surface area contributed by atoms with E-state index in [-0.39, 0.29) is 36.2 Å². The van der Waals surface area contributed by atoms with Gasteiger partial charge in [0.15, 0.2) is 0 Å². The molecule has 1 fully saturated rings. The number of carbonyl (C=O) groups is 1. The van der Waals surface area contributed by atoms with Crippen LogP contribution in [0.3, 0.4) is 0 Å². The number of rotatable bonds is 9. The highest BCUT2D eigenvalue weighted by molar-refractivity contribution is 5.82. The molecule has 1 unspecified atom stereocenters. The van der Waals surface area contributed by atoms with Gasteiger partial charge in [0.25, 0.3) is 0 Å². The predicted molar refractivity (Wildman–Crippen MR) is 134 cm³/mol. The van der Waals surface area contributed by atoms with Gasteiger partial charge in [0.1, 0.15) is 6.10 Å². The van der Waals surface area contributed by atoms with Gasteiger partial charge in [0, 0.05) is 24.5 Å². The molecular weight excluding hydrogens is 414 g/mol. The van der Waals surface area contributed by atoms with Crippen LogP contribution in [0.2, 0.25) is 0 Å². The summed E-state index contributed by atoms with van der Waals surface area (Å²) in [6.07, 6.45) is 20.3. The maximum atomic E-state index is 11.3. The Kier molecular flexibility index (Phi) is 11.0. The molecule has 0 spiro atoms. The van der Waals surface area contributed by atoms with Crippen molar-refractivity contribution in [2.24, 2.45) is 17.6 Å². The summed E-state index contributed by atoms with van der Waals surface area (Å²) in [6, 6.07) is 0.0110. The average molecular weight is 456 g/mol. The van der Waals surface area contributed by atoms with Gasteiger partial charge in [-0.05, 0) is 45.6 Å². The molecule has 182 valence electrons. The molecule has 2 heterocycles. The van der Waals surface area contributed by atoms with Crippen LogP contribution in [-0.4, -0.2) is 41.5 Å². The summed E-state index contributed by atoms with van der Waals surface area (Å²) in [5.41, 5.74) is 8.64. The SMILES string of the molecule is C/C=C/[C@@H]1O[C@H]([C@H](O)/C=C/C=C(\C)C[C@@H](C)/C=C(C)\C=C\[C@H]2CC=CC(=O)O2)CC(N)[C@@H]1C. The molecule has 5 nitrogen and oxygen atoms in total. The lowest BCUT2D eigenvalue weighted by atomic mass is 9.87. The fraction of sp³-hybridized carbons (Fsp3) is 0.536. The average Bonchev–Trinajstić information content (AvgIpc) is 2.75. The number of aliphatic hydroxyl groups is 1. The molecule has 0 aliphatic carbocycles. The van der Waals surface area contributed by atoms with E-state index in [0.717, 1.165) is 18.4 Å². The number of esters is 1.